The Morgan fingerprint density at radius 2 is 1.91 bits per heavy atom. The number of fused-ring (bicyclic) bond motifs is 5. The number of aromatic nitrogens is 3. The molecule has 2 aromatic carbocycles. The van der Waals surface area contributed by atoms with Crippen molar-refractivity contribution >= 4 is 11.6 Å². The SMILES string of the molecule is C=C1CCN(c2ccc3c(c2)Cn2cc(-c4ccc(C#N)cc4)cc2-c2nccn2-3)C1=O. The van der Waals surface area contributed by atoms with E-state index in [9.17, 15) is 4.79 Å². The lowest BCUT2D eigenvalue weighted by Gasteiger charge is -2.18. The molecule has 0 bridgehead atoms. The van der Waals surface area contributed by atoms with Crippen LogP contribution >= 0.6 is 0 Å². The second-order valence-electron chi connectivity index (χ2n) is 8.18. The van der Waals surface area contributed by atoms with Gasteiger partial charge in [0.25, 0.3) is 5.91 Å². The molecule has 0 saturated carbocycles. The number of imidazole rings is 1. The molecule has 6 heteroatoms. The second kappa shape index (κ2) is 6.82. The molecule has 154 valence electrons. The van der Waals surface area contributed by atoms with Crippen molar-refractivity contribution in [1.29, 1.82) is 5.26 Å². The number of benzene rings is 2. The molecule has 2 aromatic heterocycles. The first-order chi connectivity index (χ1) is 15.6. The maximum Gasteiger partial charge on any atom is 0.253 e. The summed E-state index contributed by atoms with van der Waals surface area (Å²) in [7, 11) is 0. The highest BCUT2D eigenvalue weighted by atomic mass is 16.2. The summed E-state index contributed by atoms with van der Waals surface area (Å²) in [5.74, 6) is 0.883. The summed E-state index contributed by atoms with van der Waals surface area (Å²) in [6.45, 7) is 5.22. The Labute approximate surface area is 185 Å². The standard InChI is InChI=1S/C26H19N5O/c1-17-8-10-30(26(17)32)22-6-7-23-21(12-22)16-29-15-20(19-4-2-18(14-27)3-5-19)13-24(29)25-28-9-11-31(23)25/h2-7,9,11-13,15H,1,8,10,16H2. The highest BCUT2D eigenvalue weighted by Gasteiger charge is 2.27. The lowest BCUT2D eigenvalue weighted by atomic mass is 10.1. The van der Waals surface area contributed by atoms with Crippen molar-refractivity contribution in [2.75, 3.05) is 11.4 Å². The minimum atomic E-state index is 0.00615. The van der Waals surface area contributed by atoms with Gasteiger partial charge in [-0.3, -0.25) is 9.36 Å². The molecule has 0 spiro atoms. The van der Waals surface area contributed by atoms with Crippen molar-refractivity contribution < 1.29 is 4.79 Å². The number of rotatable bonds is 2. The van der Waals surface area contributed by atoms with Crippen LogP contribution in [0.5, 0.6) is 0 Å². The number of amides is 1. The predicted molar refractivity (Wildman–Crippen MR) is 122 cm³/mol. The van der Waals surface area contributed by atoms with Gasteiger partial charge in [0.05, 0.1) is 23.0 Å². The summed E-state index contributed by atoms with van der Waals surface area (Å²) in [4.78, 5) is 18.9. The third kappa shape index (κ3) is 2.72. The van der Waals surface area contributed by atoms with Gasteiger partial charge >= 0.3 is 0 Å². The Morgan fingerprint density at radius 1 is 1.06 bits per heavy atom. The number of carbonyl (C=O) groups excluding carboxylic acids is 1. The third-order valence-corrected chi connectivity index (χ3v) is 6.27. The molecule has 1 fully saturated rings. The van der Waals surface area contributed by atoms with Gasteiger partial charge in [-0.05, 0) is 53.9 Å². The van der Waals surface area contributed by atoms with Crippen molar-refractivity contribution in [3.05, 3.63) is 90.4 Å². The van der Waals surface area contributed by atoms with E-state index in [0.717, 1.165) is 39.6 Å². The molecular weight excluding hydrogens is 398 g/mol. The third-order valence-electron chi connectivity index (χ3n) is 6.27. The number of anilines is 1. The zero-order valence-electron chi connectivity index (χ0n) is 17.3. The van der Waals surface area contributed by atoms with Gasteiger partial charge in [0.1, 0.15) is 0 Å². The van der Waals surface area contributed by atoms with Crippen LogP contribution in [0.3, 0.4) is 0 Å². The molecule has 6 nitrogen and oxygen atoms in total. The van der Waals surface area contributed by atoms with Crippen LogP contribution in [-0.2, 0) is 11.3 Å². The molecule has 4 aromatic rings. The fourth-order valence-corrected chi connectivity index (χ4v) is 4.59. The average molecular weight is 417 g/mol. The molecule has 1 amide bonds. The van der Waals surface area contributed by atoms with Crippen molar-refractivity contribution in [3.8, 4) is 34.4 Å². The van der Waals surface area contributed by atoms with E-state index in [1.165, 1.54) is 0 Å². The van der Waals surface area contributed by atoms with E-state index in [-0.39, 0.29) is 5.91 Å². The molecule has 6 rings (SSSR count). The lowest BCUT2D eigenvalue weighted by Crippen LogP contribution is -2.24. The van der Waals surface area contributed by atoms with Gasteiger partial charge in [0, 0.05) is 48.5 Å². The molecular formula is C26H19N5O. The monoisotopic (exact) mass is 417 g/mol. The smallest absolute Gasteiger partial charge is 0.253 e. The fraction of sp³-hybridized carbons (Fsp3) is 0.115. The van der Waals surface area contributed by atoms with Crippen LogP contribution in [0.4, 0.5) is 5.69 Å². The highest BCUT2D eigenvalue weighted by molar-refractivity contribution is 6.07. The first kappa shape index (κ1) is 18.4. The van der Waals surface area contributed by atoms with Gasteiger partial charge in [0.2, 0.25) is 0 Å². The first-order valence-electron chi connectivity index (χ1n) is 10.5. The minimum absolute atomic E-state index is 0.00615. The Balaban J connectivity index is 1.46. The molecule has 0 N–H and O–H groups in total. The van der Waals surface area contributed by atoms with E-state index >= 15 is 0 Å². The van der Waals surface area contributed by atoms with Crippen molar-refractivity contribution in [2.24, 2.45) is 0 Å². The molecule has 2 aliphatic heterocycles. The molecule has 0 unspecified atom stereocenters. The number of hydrogen-bond donors (Lipinski definition) is 0. The van der Waals surface area contributed by atoms with Crippen LogP contribution < -0.4 is 4.90 Å². The quantitative estimate of drug-likeness (QED) is 0.396. The van der Waals surface area contributed by atoms with Gasteiger partial charge in [-0.1, -0.05) is 18.7 Å². The first-order valence-corrected chi connectivity index (χ1v) is 10.5. The Bertz CT molecular complexity index is 1450. The fourth-order valence-electron chi connectivity index (χ4n) is 4.59. The molecule has 0 atom stereocenters. The van der Waals surface area contributed by atoms with E-state index in [0.29, 0.717) is 30.6 Å². The van der Waals surface area contributed by atoms with Crippen LogP contribution in [-0.4, -0.2) is 26.6 Å². The Hall–Kier alpha value is -4.37. The topological polar surface area (TPSA) is 66.8 Å². The number of nitrogens with zero attached hydrogens (tertiary/aromatic N) is 5. The predicted octanol–water partition coefficient (Wildman–Crippen LogP) is 4.53. The lowest BCUT2D eigenvalue weighted by molar-refractivity contribution is -0.114. The van der Waals surface area contributed by atoms with Gasteiger partial charge in [-0.25, -0.2) is 4.98 Å². The van der Waals surface area contributed by atoms with Gasteiger partial charge < -0.3 is 9.47 Å². The van der Waals surface area contributed by atoms with Gasteiger partial charge in [-0.2, -0.15) is 5.26 Å². The van der Waals surface area contributed by atoms with Crippen LogP contribution in [0, 0.1) is 11.3 Å². The summed E-state index contributed by atoms with van der Waals surface area (Å²) >= 11 is 0. The molecule has 0 aliphatic carbocycles. The molecule has 32 heavy (non-hydrogen) atoms. The molecule has 1 saturated heterocycles. The van der Waals surface area contributed by atoms with Gasteiger partial charge in [0.15, 0.2) is 5.82 Å². The summed E-state index contributed by atoms with van der Waals surface area (Å²) in [5.41, 5.74) is 7.54. The van der Waals surface area contributed by atoms with Crippen molar-refractivity contribution in [2.45, 2.75) is 13.0 Å². The van der Waals surface area contributed by atoms with E-state index in [1.54, 1.807) is 4.90 Å². The van der Waals surface area contributed by atoms with Crippen LogP contribution in [0.2, 0.25) is 0 Å². The van der Waals surface area contributed by atoms with E-state index in [2.05, 4.69) is 51.2 Å². The van der Waals surface area contributed by atoms with Crippen molar-refractivity contribution in [1.82, 2.24) is 14.1 Å². The summed E-state index contributed by atoms with van der Waals surface area (Å²) in [6.07, 6.45) is 6.61. The Morgan fingerprint density at radius 3 is 2.66 bits per heavy atom. The highest BCUT2D eigenvalue weighted by Crippen LogP contribution is 2.36. The summed E-state index contributed by atoms with van der Waals surface area (Å²) in [6, 6.07) is 18.1. The van der Waals surface area contributed by atoms with E-state index < -0.39 is 0 Å². The van der Waals surface area contributed by atoms with Crippen LogP contribution in [0.25, 0.3) is 28.3 Å². The van der Waals surface area contributed by atoms with E-state index in [1.807, 2.05) is 42.7 Å². The van der Waals surface area contributed by atoms with Gasteiger partial charge in [-0.15, -0.1) is 0 Å². The number of carbonyl (C=O) groups is 1. The minimum Gasteiger partial charge on any atom is -0.340 e. The molecule has 0 radical (unpaired) electrons. The maximum atomic E-state index is 12.5. The summed E-state index contributed by atoms with van der Waals surface area (Å²) in [5, 5.41) is 9.08. The Kier molecular flexibility index (Phi) is 3.92. The zero-order chi connectivity index (χ0) is 21.8. The van der Waals surface area contributed by atoms with E-state index in [4.69, 9.17) is 5.26 Å². The largest absolute Gasteiger partial charge is 0.340 e. The zero-order valence-corrected chi connectivity index (χ0v) is 17.3. The normalized spacial score (nSPS) is 14.5. The van der Waals surface area contributed by atoms with Crippen LogP contribution in [0.15, 0.2) is 79.3 Å². The number of nitriles is 1. The summed E-state index contributed by atoms with van der Waals surface area (Å²) < 4.78 is 4.30. The molecule has 2 aliphatic rings. The van der Waals surface area contributed by atoms with Crippen molar-refractivity contribution in [3.63, 3.8) is 0 Å². The van der Waals surface area contributed by atoms with Crippen LogP contribution in [0.1, 0.15) is 17.5 Å². The number of hydrogen-bond acceptors (Lipinski definition) is 3. The maximum absolute atomic E-state index is 12.5. The average Bonchev–Trinajstić information content (AvgIpc) is 3.52. The molecule has 4 heterocycles. The second-order valence-corrected chi connectivity index (χ2v) is 8.18.